The fourth-order valence-corrected chi connectivity index (χ4v) is 2.77. The number of carbonyl (C=O) groups is 1. The molecule has 2 N–H and O–H groups in total. The van der Waals surface area contributed by atoms with Crippen LogP contribution in [0.5, 0.6) is 0 Å². The second-order valence-electron chi connectivity index (χ2n) is 7.10. The van der Waals surface area contributed by atoms with E-state index in [1.54, 1.807) is 17.3 Å². The van der Waals surface area contributed by atoms with Crippen LogP contribution in [0.3, 0.4) is 0 Å². The quantitative estimate of drug-likeness (QED) is 0.786. The molecule has 128 valence electrons. The number of rotatable bonds is 3. The number of fused-ring (bicyclic) bond motifs is 1. The predicted octanol–water partition coefficient (Wildman–Crippen LogP) is 4.01. The summed E-state index contributed by atoms with van der Waals surface area (Å²) in [5.41, 5.74) is 8.36. The van der Waals surface area contributed by atoms with Crippen molar-refractivity contribution in [1.82, 2.24) is 9.97 Å². The van der Waals surface area contributed by atoms with Gasteiger partial charge in [-0.2, -0.15) is 0 Å². The molecule has 25 heavy (non-hydrogen) atoms. The van der Waals surface area contributed by atoms with E-state index in [-0.39, 0.29) is 5.41 Å². The molecule has 0 unspecified atom stereocenters. The zero-order valence-electron chi connectivity index (χ0n) is 14.7. The monoisotopic (exact) mass is 334 g/mol. The first kappa shape index (κ1) is 16.9. The first-order chi connectivity index (χ1) is 11.9. The molecule has 3 aromatic rings. The Morgan fingerprint density at radius 1 is 1.12 bits per heavy atom. The highest BCUT2D eigenvalue weighted by molar-refractivity contribution is 6.02. The molecule has 2 aromatic heterocycles. The van der Waals surface area contributed by atoms with Crippen LogP contribution in [-0.4, -0.2) is 16.0 Å². The van der Waals surface area contributed by atoms with Gasteiger partial charge in [0, 0.05) is 40.5 Å². The van der Waals surface area contributed by atoms with Gasteiger partial charge in [0.25, 0.3) is 0 Å². The number of aromatic nitrogens is 2. The molecule has 2 heterocycles. The highest BCUT2D eigenvalue weighted by atomic mass is 16.2. The molecule has 0 fully saturated rings. The largest absolute Gasteiger partial charge is 0.351 e. The maximum absolute atomic E-state index is 12.1. The van der Waals surface area contributed by atoms with Crippen molar-refractivity contribution in [2.75, 3.05) is 4.90 Å². The van der Waals surface area contributed by atoms with Crippen molar-refractivity contribution in [1.29, 1.82) is 0 Å². The van der Waals surface area contributed by atoms with Crippen LogP contribution in [-0.2, 0) is 12.0 Å². The number of pyridine rings is 2. The minimum Gasteiger partial charge on any atom is -0.351 e. The number of anilines is 1. The third-order valence-corrected chi connectivity index (χ3v) is 4.15. The molecule has 0 aliphatic heterocycles. The van der Waals surface area contributed by atoms with Gasteiger partial charge in [0.15, 0.2) is 0 Å². The van der Waals surface area contributed by atoms with Gasteiger partial charge in [0.1, 0.15) is 0 Å². The summed E-state index contributed by atoms with van der Waals surface area (Å²) in [5.74, 6) is 0. The lowest BCUT2D eigenvalue weighted by molar-refractivity contribution is 0.253. The second-order valence-corrected chi connectivity index (χ2v) is 7.10. The van der Waals surface area contributed by atoms with E-state index in [1.165, 1.54) is 0 Å². The van der Waals surface area contributed by atoms with E-state index in [4.69, 9.17) is 5.73 Å². The topological polar surface area (TPSA) is 72.1 Å². The SMILES string of the molecule is CC(C)(C)c1ccc(CN(C(N)=O)c2cccc3cnccc23)cn1. The van der Waals surface area contributed by atoms with E-state index in [9.17, 15) is 4.79 Å². The minimum absolute atomic E-state index is 0.00939. The van der Waals surface area contributed by atoms with Gasteiger partial charge in [-0.05, 0) is 23.8 Å². The number of amides is 2. The van der Waals surface area contributed by atoms with Crippen molar-refractivity contribution in [3.63, 3.8) is 0 Å². The molecule has 0 atom stereocenters. The molecule has 0 aliphatic carbocycles. The fraction of sp³-hybridized carbons (Fsp3) is 0.250. The van der Waals surface area contributed by atoms with Gasteiger partial charge in [-0.3, -0.25) is 14.9 Å². The minimum atomic E-state index is -0.496. The van der Waals surface area contributed by atoms with Crippen LogP contribution < -0.4 is 10.6 Å². The van der Waals surface area contributed by atoms with Crippen molar-refractivity contribution in [2.45, 2.75) is 32.7 Å². The summed E-state index contributed by atoms with van der Waals surface area (Å²) < 4.78 is 0. The second kappa shape index (κ2) is 6.51. The Hall–Kier alpha value is -2.95. The molecule has 0 spiro atoms. The van der Waals surface area contributed by atoms with Crippen LogP contribution >= 0.6 is 0 Å². The normalized spacial score (nSPS) is 11.5. The summed E-state index contributed by atoms with van der Waals surface area (Å²) in [6, 6.07) is 11.1. The number of nitrogens with zero attached hydrogens (tertiary/aromatic N) is 3. The highest BCUT2D eigenvalue weighted by Crippen LogP contribution is 2.27. The number of benzene rings is 1. The van der Waals surface area contributed by atoms with Crippen molar-refractivity contribution < 1.29 is 4.79 Å². The summed E-state index contributed by atoms with van der Waals surface area (Å²) in [4.78, 5) is 22.3. The maximum Gasteiger partial charge on any atom is 0.319 e. The van der Waals surface area contributed by atoms with Crippen molar-refractivity contribution in [3.05, 3.63) is 66.2 Å². The van der Waals surface area contributed by atoms with E-state index in [1.807, 2.05) is 42.6 Å². The Bertz CT molecular complexity index is 892. The van der Waals surface area contributed by atoms with Crippen molar-refractivity contribution in [2.24, 2.45) is 5.73 Å². The molecule has 5 nitrogen and oxygen atoms in total. The molecule has 0 bridgehead atoms. The highest BCUT2D eigenvalue weighted by Gasteiger charge is 2.18. The molecule has 2 amide bonds. The van der Waals surface area contributed by atoms with Crippen LogP contribution in [0.4, 0.5) is 10.5 Å². The molecule has 0 saturated carbocycles. The Morgan fingerprint density at radius 2 is 1.92 bits per heavy atom. The number of hydrogen-bond donors (Lipinski definition) is 1. The molecule has 0 saturated heterocycles. The van der Waals surface area contributed by atoms with Gasteiger partial charge in [-0.25, -0.2) is 4.79 Å². The van der Waals surface area contributed by atoms with Crippen LogP contribution in [0.15, 0.2) is 55.0 Å². The van der Waals surface area contributed by atoms with E-state index < -0.39 is 6.03 Å². The van der Waals surface area contributed by atoms with Crippen LogP contribution in [0.25, 0.3) is 10.8 Å². The Morgan fingerprint density at radius 3 is 2.56 bits per heavy atom. The summed E-state index contributed by atoms with van der Waals surface area (Å²) >= 11 is 0. The van der Waals surface area contributed by atoms with Crippen molar-refractivity contribution >= 4 is 22.5 Å². The molecule has 0 radical (unpaired) electrons. The fourth-order valence-electron chi connectivity index (χ4n) is 2.77. The zero-order chi connectivity index (χ0) is 18.0. The molecule has 1 aromatic carbocycles. The van der Waals surface area contributed by atoms with E-state index >= 15 is 0 Å². The Kier molecular flexibility index (Phi) is 4.40. The van der Waals surface area contributed by atoms with E-state index in [2.05, 4.69) is 30.7 Å². The number of urea groups is 1. The van der Waals surface area contributed by atoms with Gasteiger partial charge in [0.2, 0.25) is 0 Å². The average molecular weight is 334 g/mol. The summed E-state index contributed by atoms with van der Waals surface area (Å²) in [5, 5.41) is 1.91. The Labute approximate surface area is 147 Å². The van der Waals surface area contributed by atoms with Gasteiger partial charge in [0.05, 0.1) is 12.2 Å². The number of primary amides is 1. The van der Waals surface area contributed by atoms with E-state index in [0.717, 1.165) is 27.7 Å². The third kappa shape index (κ3) is 3.60. The summed E-state index contributed by atoms with van der Waals surface area (Å²) in [6.45, 7) is 6.73. The van der Waals surface area contributed by atoms with Crippen LogP contribution in [0.2, 0.25) is 0 Å². The molecular formula is C20H22N4O. The van der Waals surface area contributed by atoms with Gasteiger partial charge in [-0.1, -0.05) is 39.0 Å². The summed E-state index contributed by atoms with van der Waals surface area (Å²) in [7, 11) is 0. The lowest BCUT2D eigenvalue weighted by atomic mass is 9.91. The van der Waals surface area contributed by atoms with E-state index in [0.29, 0.717) is 6.54 Å². The smallest absolute Gasteiger partial charge is 0.319 e. The third-order valence-electron chi connectivity index (χ3n) is 4.15. The zero-order valence-corrected chi connectivity index (χ0v) is 14.7. The lowest BCUT2D eigenvalue weighted by Crippen LogP contribution is -2.35. The number of nitrogens with two attached hydrogens (primary N) is 1. The molecule has 0 aliphatic rings. The maximum atomic E-state index is 12.1. The standard InChI is InChI=1S/C20H22N4O/c1-20(2,3)18-8-7-14(11-23-18)13-24(19(21)25)17-6-4-5-15-12-22-10-9-16(15)17/h4-12H,13H2,1-3H3,(H2,21,25). The van der Waals surface area contributed by atoms with Gasteiger partial charge in [-0.15, -0.1) is 0 Å². The first-order valence-corrected chi connectivity index (χ1v) is 8.21. The summed E-state index contributed by atoms with van der Waals surface area (Å²) in [6.07, 6.45) is 5.30. The average Bonchev–Trinajstić information content (AvgIpc) is 2.59. The molecular weight excluding hydrogens is 312 g/mol. The first-order valence-electron chi connectivity index (χ1n) is 8.21. The van der Waals surface area contributed by atoms with Crippen molar-refractivity contribution in [3.8, 4) is 0 Å². The predicted molar refractivity (Wildman–Crippen MR) is 100 cm³/mol. The van der Waals surface area contributed by atoms with Crippen LogP contribution in [0.1, 0.15) is 32.0 Å². The Balaban J connectivity index is 1.96. The molecule has 3 rings (SSSR count). The van der Waals surface area contributed by atoms with Gasteiger partial charge >= 0.3 is 6.03 Å². The lowest BCUT2D eigenvalue weighted by Gasteiger charge is -2.23. The van der Waals surface area contributed by atoms with Gasteiger partial charge < -0.3 is 5.73 Å². The number of hydrogen-bond acceptors (Lipinski definition) is 3. The van der Waals surface area contributed by atoms with Crippen LogP contribution in [0, 0.1) is 0 Å². The molecule has 5 heteroatoms. The number of carbonyl (C=O) groups excluding carboxylic acids is 1.